The molecule has 0 fully saturated rings. The van der Waals surface area contributed by atoms with Crippen LogP contribution in [0.25, 0.3) is 0 Å². The summed E-state index contributed by atoms with van der Waals surface area (Å²) in [7, 11) is 0. The zero-order chi connectivity index (χ0) is 11.5. The van der Waals surface area contributed by atoms with E-state index in [1.807, 2.05) is 0 Å². The van der Waals surface area contributed by atoms with Gasteiger partial charge in [0, 0.05) is 11.6 Å². The van der Waals surface area contributed by atoms with Crippen molar-refractivity contribution < 1.29 is 0 Å². The van der Waals surface area contributed by atoms with Crippen LogP contribution in [0.1, 0.15) is 44.4 Å². The number of anilines is 1. The third-order valence-corrected chi connectivity index (χ3v) is 3.40. The van der Waals surface area contributed by atoms with E-state index >= 15 is 0 Å². The Morgan fingerprint density at radius 3 is 2.69 bits per heavy atom. The van der Waals surface area contributed by atoms with Gasteiger partial charge in [-0.15, -0.1) is 0 Å². The maximum Gasteiger partial charge on any atom is 0.224 e. The molecule has 16 heavy (non-hydrogen) atoms. The average molecular weight is 240 g/mol. The first-order chi connectivity index (χ1) is 7.74. The number of nitrogens with one attached hydrogen (secondary N) is 1. The second-order valence-corrected chi connectivity index (χ2v) is 4.62. The zero-order valence-electron chi connectivity index (χ0n) is 9.89. The molecule has 0 radical (unpaired) electrons. The SMILES string of the molecule is CCC(CC)Nc1nc(Cl)nc2c1CCC2. The Morgan fingerprint density at radius 1 is 1.25 bits per heavy atom. The Hall–Kier alpha value is -0.830. The van der Waals surface area contributed by atoms with E-state index in [-0.39, 0.29) is 0 Å². The number of fused-ring (bicyclic) bond motifs is 1. The molecular weight excluding hydrogens is 222 g/mol. The Bertz CT molecular complexity index is 375. The number of nitrogens with zero attached hydrogens (tertiary/aromatic N) is 2. The van der Waals surface area contributed by atoms with E-state index < -0.39 is 0 Å². The first-order valence-corrected chi connectivity index (χ1v) is 6.44. The standard InChI is InChI=1S/C12H18ClN3/c1-3-8(4-2)14-11-9-6-5-7-10(9)15-12(13)16-11/h8H,3-7H2,1-2H3,(H,14,15,16). The minimum absolute atomic E-state index is 0.370. The predicted molar refractivity (Wildman–Crippen MR) is 67.1 cm³/mol. The van der Waals surface area contributed by atoms with Crippen molar-refractivity contribution >= 4 is 17.4 Å². The van der Waals surface area contributed by atoms with Crippen molar-refractivity contribution in [3.05, 3.63) is 16.5 Å². The summed E-state index contributed by atoms with van der Waals surface area (Å²) < 4.78 is 0. The second-order valence-electron chi connectivity index (χ2n) is 4.28. The highest BCUT2D eigenvalue weighted by atomic mass is 35.5. The summed E-state index contributed by atoms with van der Waals surface area (Å²) in [5.41, 5.74) is 2.41. The summed E-state index contributed by atoms with van der Waals surface area (Å²) in [5.74, 6) is 0.959. The van der Waals surface area contributed by atoms with Crippen molar-refractivity contribution in [3.63, 3.8) is 0 Å². The van der Waals surface area contributed by atoms with Crippen LogP contribution in [0.4, 0.5) is 5.82 Å². The second kappa shape index (κ2) is 5.00. The Morgan fingerprint density at radius 2 is 2.00 bits per heavy atom. The van der Waals surface area contributed by atoms with Crippen LogP contribution in [-0.2, 0) is 12.8 Å². The monoisotopic (exact) mass is 239 g/mol. The average Bonchev–Trinajstić information content (AvgIpc) is 2.73. The van der Waals surface area contributed by atoms with Gasteiger partial charge in [-0.25, -0.2) is 9.97 Å². The topological polar surface area (TPSA) is 37.8 Å². The molecule has 0 bridgehead atoms. The molecule has 0 atom stereocenters. The van der Waals surface area contributed by atoms with Crippen LogP contribution in [0, 0.1) is 0 Å². The van der Waals surface area contributed by atoms with Gasteiger partial charge in [0.15, 0.2) is 0 Å². The highest BCUT2D eigenvalue weighted by Gasteiger charge is 2.19. The van der Waals surface area contributed by atoms with Crippen LogP contribution in [0.3, 0.4) is 0 Å². The summed E-state index contributed by atoms with van der Waals surface area (Å²) in [5, 5.41) is 3.85. The molecule has 1 aliphatic rings. The molecule has 1 aliphatic carbocycles. The lowest BCUT2D eigenvalue weighted by molar-refractivity contribution is 0.666. The zero-order valence-corrected chi connectivity index (χ0v) is 10.6. The van der Waals surface area contributed by atoms with Crippen molar-refractivity contribution in [2.24, 2.45) is 0 Å². The van der Waals surface area contributed by atoms with Crippen molar-refractivity contribution in [1.29, 1.82) is 0 Å². The van der Waals surface area contributed by atoms with Crippen molar-refractivity contribution in [2.45, 2.75) is 52.0 Å². The quantitative estimate of drug-likeness (QED) is 0.820. The van der Waals surface area contributed by atoms with E-state index in [9.17, 15) is 0 Å². The highest BCUT2D eigenvalue weighted by Crippen LogP contribution is 2.28. The van der Waals surface area contributed by atoms with Crippen LogP contribution < -0.4 is 5.32 Å². The number of aromatic nitrogens is 2. The van der Waals surface area contributed by atoms with Crippen LogP contribution in [0.2, 0.25) is 5.28 Å². The molecule has 88 valence electrons. The van der Waals surface area contributed by atoms with Gasteiger partial charge in [0.2, 0.25) is 5.28 Å². The predicted octanol–water partition coefficient (Wildman–Crippen LogP) is 3.22. The fourth-order valence-electron chi connectivity index (χ4n) is 2.21. The molecule has 3 nitrogen and oxygen atoms in total. The normalized spacial score (nSPS) is 14.2. The lowest BCUT2D eigenvalue weighted by Crippen LogP contribution is -2.19. The summed E-state index contributed by atoms with van der Waals surface area (Å²) >= 11 is 5.94. The molecule has 1 heterocycles. The number of hydrogen-bond acceptors (Lipinski definition) is 3. The van der Waals surface area contributed by atoms with Crippen LogP contribution >= 0.6 is 11.6 Å². The molecule has 1 N–H and O–H groups in total. The molecule has 1 aromatic rings. The fourth-order valence-corrected chi connectivity index (χ4v) is 2.39. The fraction of sp³-hybridized carbons (Fsp3) is 0.667. The minimum atomic E-state index is 0.370. The molecule has 0 unspecified atom stereocenters. The van der Waals surface area contributed by atoms with Gasteiger partial charge in [0.05, 0.1) is 5.69 Å². The van der Waals surface area contributed by atoms with Crippen molar-refractivity contribution in [2.75, 3.05) is 5.32 Å². The number of rotatable bonds is 4. The van der Waals surface area contributed by atoms with Gasteiger partial charge in [-0.2, -0.15) is 0 Å². The van der Waals surface area contributed by atoms with Crippen molar-refractivity contribution in [3.8, 4) is 0 Å². The van der Waals surface area contributed by atoms with E-state index in [1.54, 1.807) is 0 Å². The largest absolute Gasteiger partial charge is 0.367 e. The van der Waals surface area contributed by atoms with Gasteiger partial charge < -0.3 is 5.32 Å². The van der Waals surface area contributed by atoms with Crippen molar-refractivity contribution in [1.82, 2.24) is 9.97 Å². The molecule has 0 aliphatic heterocycles. The summed E-state index contributed by atoms with van der Waals surface area (Å²) in [4.78, 5) is 8.61. The Kier molecular flexibility index (Phi) is 3.64. The summed E-state index contributed by atoms with van der Waals surface area (Å²) in [6, 6.07) is 0.482. The van der Waals surface area contributed by atoms with Gasteiger partial charge in [-0.1, -0.05) is 13.8 Å². The number of hydrogen-bond donors (Lipinski definition) is 1. The third-order valence-electron chi connectivity index (χ3n) is 3.23. The van der Waals surface area contributed by atoms with Gasteiger partial charge in [-0.3, -0.25) is 0 Å². The van der Waals surface area contributed by atoms with E-state index in [0.717, 1.165) is 37.2 Å². The van der Waals surface area contributed by atoms with Gasteiger partial charge in [0.1, 0.15) is 5.82 Å². The van der Waals surface area contributed by atoms with E-state index in [1.165, 1.54) is 12.0 Å². The van der Waals surface area contributed by atoms with E-state index in [2.05, 4.69) is 29.1 Å². The lowest BCUT2D eigenvalue weighted by Gasteiger charge is -2.17. The molecule has 2 rings (SSSR count). The number of halogens is 1. The Balaban J connectivity index is 2.26. The third kappa shape index (κ3) is 2.29. The van der Waals surface area contributed by atoms with Crippen LogP contribution in [0.15, 0.2) is 0 Å². The highest BCUT2D eigenvalue weighted by molar-refractivity contribution is 6.28. The smallest absolute Gasteiger partial charge is 0.224 e. The summed E-state index contributed by atoms with van der Waals surface area (Å²) in [6.07, 6.45) is 5.49. The molecule has 0 amide bonds. The van der Waals surface area contributed by atoms with Gasteiger partial charge in [-0.05, 0) is 43.7 Å². The maximum absolute atomic E-state index is 5.94. The first-order valence-electron chi connectivity index (χ1n) is 6.06. The molecule has 0 aromatic carbocycles. The lowest BCUT2D eigenvalue weighted by atomic mass is 10.1. The maximum atomic E-state index is 5.94. The number of aryl methyl sites for hydroxylation is 1. The molecule has 1 aromatic heterocycles. The molecule has 0 saturated carbocycles. The van der Waals surface area contributed by atoms with E-state index in [0.29, 0.717) is 11.3 Å². The van der Waals surface area contributed by atoms with Gasteiger partial charge >= 0.3 is 0 Å². The molecular formula is C12H18ClN3. The summed E-state index contributed by atoms with van der Waals surface area (Å²) in [6.45, 7) is 4.37. The molecule has 0 spiro atoms. The molecule has 4 heteroatoms. The van der Waals surface area contributed by atoms with Crippen LogP contribution in [0.5, 0.6) is 0 Å². The van der Waals surface area contributed by atoms with Gasteiger partial charge in [0.25, 0.3) is 0 Å². The first kappa shape index (κ1) is 11.6. The molecule has 0 saturated heterocycles. The van der Waals surface area contributed by atoms with Crippen LogP contribution in [-0.4, -0.2) is 16.0 Å². The minimum Gasteiger partial charge on any atom is -0.367 e. The van der Waals surface area contributed by atoms with E-state index in [4.69, 9.17) is 11.6 Å². The Labute approximate surface area is 102 Å².